The van der Waals surface area contributed by atoms with Crippen LogP contribution >= 0.6 is 0 Å². The van der Waals surface area contributed by atoms with E-state index in [1.54, 1.807) is 10.7 Å². The molecular formula is C15H17FN2O2. The summed E-state index contributed by atoms with van der Waals surface area (Å²) < 4.78 is 20.9. The van der Waals surface area contributed by atoms with Gasteiger partial charge in [-0.3, -0.25) is 4.68 Å². The second-order valence-electron chi connectivity index (χ2n) is 5.10. The number of aliphatic hydroxyl groups excluding tert-OH is 1. The van der Waals surface area contributed by atoms with Crippen molar-refractivity contribution in [3.63, 3.8) is 0 Å². The second kappa shape index (κ2) is 4.90. The predicted octanol–water partition coefficient (Wildman–Crippen LogP) is 2.68. The number of hydrogen-bond donors (Lipinski definition) is 1. The van der Waals surface area contributed by atoms with Crippen molar-refractivity contribution in [3.8, 4) is 5.75 Å². The third-order valence-corrected chi connectivity index (χ3v) is 3.66. The average molecular weight is 276 g/mol. The molecule has 2 atom stereocenters. The van der Waals surface area contributed by atoms with E-state index in [9.17, 15) is 9.50 Å². The Morgan fingerprint density at radius 1 is 1.45 bits per heavy atom. The zero-order valence-electron chi connectivity index (χ0n) is 11.5. The lowest BCUT2D eigenvalue weighted by Gasteiger charge is -2.29. The maximum atomic E-state index is 13.2. The Morgan fingerprint density at radius 2 is 2.25 bits per heavy atom. The maximum absolute atomic E-state index is 13.2. The summed E-state index contributed by atoms with van der Waals surface area (Å²) >= 11 is 0. The number of halogens is 1. The topological polar surface area (TPSA) is 47.3 Å². The average Bonchev–Trinajstić information content (AvgIpc) is 2.80. The van der Waals surface area contributed by atoms with Gasteiger partial charge in [0.1, 0.15) is 17.7 Å². The van der Waals surface area contributed by atoms with Crippen LogP contribution in [0.5, 0.6) is 5.75 Å². The standard InChI is InChI=1S/C15H17FN2O2/c1-3-12-11(8-18(2)17-12)15-7-13(19)10-6-9(16)4-5-14(10)20-15/h4-6,8,13,15,19H,3,7H2,1-2H3. The summed E-state index contributed by atoms with van der Waals surface area (Å²) in [6.07, 6.45) is 2.18. The van der Waals surface area contributed by atoms with Crippen LogP contribution in [0.15, 0.2) is 24.4 Å². The summed E-state index contributed by atoms with van der Waals surface area (Å²) in [6, 6.07) is 4.25. The van der Waals surface area contributed by atoms with E-state index in [2.05, 4.69) is 5.10 Å². The van der Waals surface area contributed by atoms with Gasteiger partial charge in [-0.1, -0.05) is 6.92 Å². The molecule has 0 saturated carbocycles. The molecule has 20 heavy (non-hydrogen) atoms. The molecule has 1 aromatic carbocycles. The number of hydrogen-bond acceptors (Lipinski definition) is 3. The van der Waals surface area contributed by atoms with E-state index < -0.39 is 6.10 Å². The fourth-order valence-electron chi connectivity index (χ4n) is 2.71. The zero-order chi connectivity index (χ0) is 14.3. The number of nitrogens with zero attached hydrogens (tertiary/aromatic N) is 2. The fraction of sp³-hybridized carbons (Fsp3) is 0.400. The van der Waals surface area contributed by atoms with Crippen LogP contribution < -0.4 is 4.74 Å². The molecule has 0 spiro atoms. The van der Waals surface area contributed by atoms with Crippen molar-refractivity contribution in [2.24, 2.45) is 7.05 Å². The lowest BCUT2D eigenvalue weighted by molar-refractivity contribution is 0.0649. The minimum absolute atomic E-state index is 0.244. The van der Waals surface area contributed by atoms with Crippen LogP contribution in [0.3, 0.4) is 0 Å². The lowest BCUT2D eigenvalue weighted by Crippen LogP contribution is -2.19. The van der Waals surface area contributed by atoms with Gasteiger partial charge in [0.2, 0.25) is 0 Å². The molecule has 1 aliphatic rings. The number of rotatable bonds is 2. The molecular weight excluding hydrogens is 259 g/mol. The number of aromatic nitrogens is 2. The van der Waals surface area contributed by atoms with E-state index in [0.717, 1.165) is 17.7 Å². The first-order chi connectivity index (χ1) is 9.58. The minimum atomic E-state index is -0.718. The zero-order valence-corrected chi connectivity index (χ0v) is 11.5. The molecule has 5 heteroatoms. The van der Waals surface area contributed by atoms with Gasteiger partial charge in [0, 0.05) is 30.8 Å². The Bertz CT molecular complexity index is 639. The van der Waals surface area contributed by atoms with Crippen LogP contribution in [0.25, 0.3) is 0 Å². The van der Waals surface area contributed by atoms with E-state index in [4.69, 9.17) is 4.74 Å². The van der Waals surface area contributed by atoms with Crippen LogP contribution in [0.1, 0.15) is 42.4 Å². The first-order valence-corrected chi connectivity index (χ1v) is 6.75. The number of fused-ring (bicyclic) bond motifs is 1. The van der Waals surface area contributed by atoms with E-state index in [0.29, 0.717) is 17.7 Å². The molecule has 2 aromatic rings. The van der Waals surface area contributed by atoms with Gasteiger partial charge in [-0.05, 0) is 24.6 Å². The Labute approximate surface area is 116 Å². The van der Waals surface area contributed by atoms with Gasteiger partial charge in [0.05, 0.1) is 11.8 Å². The molecule has 106 valence electrons. The van der Waals surface area contributed by atoms with Gasteiger partial charge in [-0.2, -0.15) is 5.10 Å². The smallest absolute Gasteiger partial charge is 0.130 e. The van der Waals surface area contributed by atoms with Crippen LogP contribution in [0.4, 0.5) is 4.39 Å². The highest BCUT2D eigenvalue weighted by molar-refractivity contribution is 5.39. The number of benzene rings is 1. The summed E-state index contributed by atoms with van der Waals surface area (Å²) in [5.74, 6) is 0.182. The van der Waals surface area contributed by atoms with Crippen LogP contribution in [-0.2, 0) is 13.5 Å². The molecule has 1 aromatic heterocycles. The van der Waals surface area contributed by atoms with Gasteiger partial charge >= 0.3 is 0 Å². The predicted molar refractivity (Wildman–Crippen MR) is 71.9 cm³/mol. The van der Waals surface area contributed by atoms with Crippen LogP contribution in [-0.4, -0.2) is 14.9 Å². The van der Waals surface area contributed by atoms with Gasteiger partial charge in [0.25, 0.3) is 0 Å². The first kappa shape index (κ1) is 13.1. The van der Waals surface area contributed by atoms with Crippen molar-refractivity contribution >= 4 is 0 Å². The highest BCUT2D eigenvalue weighted by Gasteiger charge is 2.30. The van der Waals surface area contributed by atoms with Gasteiger partial charge in [-0.25, -0.2) is 4.39 Å². The van der Waals surface area contributed by atoms with Crippen LogP contribution in [0.2, 0.25) is 0 Å². The first-order valence-electron chi connectivity index (χ1n) is 6.75. The van der Waals surface area contributed by atoms with Crippen molar-refractivity contribution in [1.82, 2.24) is 9.78 Å². The SMILES string of the molecule is CCc1nn(C)cc1C1CC(O)c2cc(F)ccc2O1. The monoisotopic (exact) mass is 276 g/mol. The molecule has 0 radical (unpaired) electrons. The van der Waals surface area contributed by atoms with Gasteiger partial charge < -0.3 is 9.84 Å². The quantitative estimate of drug-likeness (QED) is 0.917. The van der Waals surface area contributed by atoms with E-state index >= 15 is 0 Å². The Balaban J connectivity index is 1.96. The summed E-state index contributed by atoms with van der Waals surface area (Å²) in [4.78, 5) is 0. The Hall–Kier alpha value is -1.88. The molecule has 2 heterocycles. The summed E-state index contributed by atoms with van der Waals surface area (Å²) in [6.45, 7) is 2.04. The molecule has 1 aliphatic heterocycles. The molecule has 0 fully saturated rings. The van der Waals surface area contributed by atoms with Crippen molar-refractivity contribution in [2.75, 3.05) is 0 Å². The highest BCUT2D eigenvalue weighted by atomic mass is 19.1. The largest absolute Gasteiger partial charge is 0.485 e. The lowest BCUT2D eigenvalue weighted by atomic mass is 9.95. The third-order valence-electron chi connectivity index (χ3n) is 3.66. The Kier molecular flexibility index (Phi) is 3.22. The molecule has 2 unspecified atom stereocenters. The molecule has 1 N–H and O–H groups in total. The van der Waals surface area contributed by atoms with E-state index in [1.165, 1.54) is 12.1 Å². The maximum Gasteiger partial charge on any atom is 0.130 e. The van der Waals surface area contributed by atoms with Crippen LogP contribution in [0, 0.1) is 5.82 Å². The number of ether oxygens (including phenoxy) is 1. The molecule has 3 rings (SSSR count). The fourth-order valence-corrected chi connectivity index (χ4v) is 2.71. The van der Waals surface area contributed by atoms with Crippen molar-refractivity contribution < 1.29 is 14.2 Å². The van der Waals surface area contributed by atoms with Crippen molar-refractivity contribution in [3.05, 3.63) is 47.0 Å². The summed E-state index contributed by atoms with van der Waals surface area (Å²) in [5.41, 5.74) is 2.47. The molecule has 0 amide bonds. The number of aryl methyl sites for hydroxylation is 2. The molecule has 4 nitrogen and oxygen atoms in total. The van der Waals surface area contributed by atoms with Gasteiger partial charge in [-0.15, -0.1) is 0 Å². The second-order valence-corrected chi connectivity index (χ2v) is 5.10. The van der Waals surface area contributed by atoms with E-state index in [-0.39, 0.29) is 11.9 Å². The van der Waals surface area contributed by atoms with Gasteiger partial charge in [0.15, 0.2) is 0 Å². The summed E-state index contributed by atoms with van der Waals surface area (Å²) in [7, 11) is 1.87. The third kappa shape index (κ3) is 2.18. The minimum Gasteiger partial charge on any atom is -0.485 e. The molecule has 0 bridgehead atoms. The number of aliphatic hydroxyl groups is 1. The Morgan fingerprint density at radius 3 is 3.00 bits per heavy atom. The summed E-state index contributed by atoms with van der Waals surface area (Å²) in [5, 5.41) is 14.6. The van der Waals surface area contributed by atoms with Crippen molar-refractivity contribution in [2.45, 2.75) is 32.0 Å². The molecule has 0 saturated heterocycles. The molecule has 0 aliphatic carbocycles. The highest BCUT2D eigenvalue weighted by Crippen LogP contribution is 2.41. The normalized spacial score (nSPS) is 21.4. The van der Waals surface area contributed by atoms with E-state index in [1.807, 2.05) is 20.2 Å². The van der Waals surface area contributed by atoms with Crippen molar-refractivity contribution in [1.29, 1.82) is 0 Å².